The minimum atomic E-state index is -1.48. The number of nitrogens with two attached hydrogens (primary N) is 1. The van der Waals surface area contributed by atoms with E-state index in [0.717, 1.165) is 26.1 Å². The molecule has 0 spiro atoms. The lowest BCUT2D eigenvalue weighted by atomic mass is 9.91. The number of hydrogen-bond acceptors (Lipinski definition) is 3. The van der Waals surface area contributed by atoms with Crippen molar-refractivity contribution >= 4 is 8.32 Å². The Hall–Kier alpha value is -0.683. The first-order valence-electron chi connectivity index (χ1n) is 7.56. The molecule has 1 unspecified atom stereocenters. The van der Waals surface area contributed by atoms with E-state index in [2.05, 4.69) is 54.9 Å². The third-order valence-electron chi connectivity index (χ3n) is 3.73. The van der Waals surface area contributed by atoms with Gasteiger partial charge in [-0.2, -0.15) is 0 Å². The normalized spacial score (nSPS) is 24.8. The van der Waals surface area contributed by atoms with Crippen LogP contribution in [0.3, 0.4) is 0 Å². The van der Waals surface area contributed by atoms with Crippen LogP contribution < -0.4 is 5.73 Å². The van der Waals surface area contributed by atoms with Gasteiger partial charge in [0.2, 0.25) is 0 Å². The Morgan fingerprint density at radius 3 is 2.60 bits per heavy atom. The van der Waals surface area contributed by atoms with Crippen molar-refractivity contribution in [3.8, 4) is 0 Å². The quantitative estimate of drug-likeness (QED) is 0.848. The van der Waals surface area contributed by atoms with Crippen molar-refractivity contribution in [2.45, 2.75) is 44.6 Å². The van der Waals surface area contributed by atoms with E-state index in [-0.39, 0.29) is 5.54 Å². The van der Waals surface area contributed by atoms with Gasteiger partial charge in [-0.05, 0) is 44.6 Å². The molecule has 1 aromatic carbocycles. The molecule has 0 aliphatic carbocycles. The van der Waals surface area contributed by atoms with E-state index in [9.17, 15) is 0 Å². The average Bonchev–Trinajstić information content (AvgIpc) is 2.37. The van der Waals surface area contributed by atoms with Gasteiger partial charge >= 0.3 is 0 Å². The Kier molecular flexibility index (Phi) is 5.02. The molecule has 2 N–H and O–H groups in total. The van der Waals surface area contributed by atoms with Crippen LogP contribution in [0, 0.1) is 0 Å². The van der Waals surface area contributed by atoms with Crippen LogP contribution in [0.5, 0.6) is 0 Å². The number of benzene rings is 1. The molecule has 1 heterocycles. The summed E-state index contributed by atoms with van der Waals surface area (Å²) in [5.41, 5.74) is 7.76. The van der Waals surface area contributed by atoms with E-state index in [1.54, 1.807) is 0 Å². The van der Waals surface area contributed by atoms with Gasteiger partial charge in [0.1, 0.15) is 0 Å². The van der Waals surface area contributed by atoms with Gasteiger partial charge in [-0.15, -0.1) is 0 Å². The Balaban J connectivity index is 1.90. The van der Waals surface area contributed by atoms with Crippen molar-refractivity contribution in [3.05, 3.63) is 35.9 Å². The van der Waals surface area contributed by atoms with E-state index in [0.29, 0.717) is 6.61 Å². The van der Waals surface area contributed by atoms with Crippen molar-refractivity contribution < 1.29 is 4.43 Å². The van der Waals surface area contributed by atoms with Gasteiger partial charge in [0.15, 0.2) is 8.32 Å². The SMILES string of the molecule is C[Si](C)(C)OCC1(N)CCCN(Cc2ccccc2)C1. The molecule has 3 nitrogen and oxygen atoms in total. The zero-order valence-electron chi connectivity index (χ0n) is 13.1. The van der Waals surface area contributed by atoms with Gasteiger partial charge in [0, 0.05) is 13.1 Å². The molecule has 0 aromatic heterocycles. The summed E-state index contributed by atoms with van der Waals surface area (Å²) in [4.78, 5) is 2.46. The summed E-state index contributed by atoms with van der Waals surface area (Å²) in [5, 5.41) is 0. The highest BCUT2D eigenvalue weighted by Gasteiger charge is 2.33. The molecule has 20 heavy (non-hydrogen) atoms. The lowest BCUT2D eigenvalue weighted by molar-refractivity contribution is 0.0968. The molecule has 0 bridgehead atoms. The van der Waals surface area contributed by atoms with Crippen LogP contribution in [0.15, 0.2) is 30.3 Å². The van der Waals surface area contributed by atoms with Crippen LogP contribution in [0.1, 0.15) is 18.4 Å². The molecule has 1 saturated heterocycles. The first-order valence-corrected chi connectivity index (χ1v) is 11.0. The second-order valence-electron chi connectivity index (χ2n) is 7.06. The van der Waals surface area contributed by atoms with Crippen molar-refractivity contribution in [1.82, 2.24) is 4.90 Å². The van der Waals surface area contributed by atoms with Gasteiger partial charge < -0.3 is 10.2 Å². The molecule has 1 aliphatic rings. The summed E-state index contributed by atoms with van der Waals surface area (Å²) in [6, 6.07) is 10.6. The standard InChI is InChI=1S/C16H28N2OSi/c1-20(2,3)19-14-16(17)10-7-11-18(13-16)12-15-8-5-4-6-9-15/h4-6,8-9H,7,10-14,17H2,1-3H3. The average molecular weight is 292 g/mol. The second kappa shape index (κ2) is 6.39. The van der Waals surface area contributed by atoms with E-state index in [1.165, 1.54) is 12.0 Å². The fourth-order valence-corrected chi connectivity index (χ4v) is 3.43. The number of likely N-dealkylation sites (tertiary alicyclic amines) is 1. The lowest BCUT2D eigenvalue weighted by Gasteiger charge is -2.41. The van der Waals surface area contributed by atoms with Crippen LogP contribution in [-0.2, 0) is 11.0 Å². The molecule has 1 aliphatic heterocycles. The maximum absolute atomic E-state index is 6.57. The molecule has 0 saturated carbocycles. The van der Waals surface area contributed by atoms with Crippen molar-refractivity contribution in [3.63, 3.8) is 0 Å². The Morgan fingerprint density at radius 1 is 1.25 bits per heavy atom. The number of nitrogens with zero attached hydrogens (tertiary/aromatic N) is 1. The van der Waals surface area contributed by atoms with Crippen LogP contribution >= 0.6 is 0 Å². The smallest absolute Gasteiger partial charge is 0.183 e. The van der Waals surface area contributed by atoms with Gasteiger partial charge in [-0.25, -0.2) is 0 Å². The zero-order chi connectivity index (χ0) is 14.6. The highest BCUT2D eigenvalue weighted by molar-refractivity contribution is 6.69. The molecule has 0 amide bonds. The van der Waals surface area contributed by atoms with Crippen LogP contribution in [0.2, 0.25) is 19.6 Å². The van der Waals surface area contributed by atoms with E-state index < -0.39 is 8.32 Å². The highest BCUT2D eigenvalue weighted by Crippen LogP contribution is 2.22. The summed E-state index contributed by atoms with van der Waals surface area (Å²) in [7, 11) is -1.48. The van der Waals surface area contributed by atoms with E-state index >= 15 is 0 Å². The molecule has 112 valence electrons. The molecule has 0 radical (unpaired) electrons. The summed E-state index contributed by atoms with van der Waals surface area (Å²) >= 11 is 0. The third-order valence-corrected chi connectivity index (χ3v) is 4.74. The van der Waals surface area contributed by atoms with Gasteiger partial charge in [0.05, 0.1) is 12.1 Å². The molecule has 4 heteroatoms. The minimum absolute atomic E-state index is 0.173. The number of piperidine rings is 1. The van der Waals surface area contributed by atoms with Crippen molar-refractivity contribution in [2.24, 2.45) is 5.73 Å². The number of hydrogen-bond donors (Lipinski definition) is 1. The van der Waals surface area contributed by atoms with E-state index in [1.807, 2.05) is 0 Å². The second-order valence-corrected chi connectivity index (χ2v) is 11.6. The Bertz CT molecular complexity index is 418. The molecule has 1 atom stereocenters. The first-order chi connectivity index (χ1) is 9.36. The van der Waals surface area contributed by atoms with Crippen molar-refractivity contribution in [1.29, 1.82) is 0 Å². The fourth-order valence-electron chi connectivity index (χ4n) is 2.71. The largest absolute Gasteiger partial charge is 0.416 e. The summed E-state index contributed by atoms with van der Waals surface area (Å²) in [6.07, 6.45) is 2.24. The maximum Gasteiger partial charge on any atom is 0.183 e. The molecule has 2 rings (SSSR count). The van der Waals surface area contributed by atoms with Gasteiger partial charge in [-0.3, -0.25) is 4.90 Å². The highest BCUT2D eigenvalue weighted by atomic mass is 28.4. The monoisotopic (exact) mass is 292 g/mol. The first kappa shape index (κ1) is 15.7. The molecular weight excluding hydrogens is 264 g/mol. The summed E-state index contributed by atoms with van der Waals surface area (Å²) < 4.78 is 6.06. The molecular formula is C16H28N2OSi. The third kappa shape index (κ3) is 5.02. The van der Waals surface area contributed by atoms with Crippen molar-refractivity contribution in [2.75, 3.05) is 19.7 Å². The number of rotatable bonds is 5. The summed E-state index contributed by atoms with van der Waals surface area (Å²) in [5.74, 6) is 0. The van der Waals surface area contributed by atoms with Crippen LogP contribution in [0.25, 0.3) is 0 Å². The predicted molar refractivity (Wildman–Crippen MR) is 87.2 cm³/mol. The zero-order valence-corrected chi connectivity index (χ0v) is 14.1. The lowest BCUT2D eigenvalue weighted by Crippen LogP contribution is -2.57. The minimum Gasteiger partial charge on any atom is -0.416 e. The molecule has 1 aromatic rings. The Labute approximate surface area is 124 Å². The predicted octanol–water partition coefficient (Wildman–Crippen LogP) is 2.83. The van der Waals surface area contributed by atoms with Gasteiger partial charge in [-0.1, -0.05) is 30.3 Å². The Morgan fingerprint density at radius 2 is 1.95 bits per heavy atom. The molecule has 1 fully saturated rings. The topological polar surface area (TPSA) is 38.5 Å². The maximum atomic E-state index is 6.57. The van der Waals surface area contributed by atoms with Gasteiger partial charge in [0.25, 0.3) is 0 Å². The van der Waals surface area contributed by atoms with Crippen LogP contribution in [0.4, 0.5) is 0 Å². The van der Waals surface area contributed by atoms with E-state index in [4.69, 9.17) is 10.2 Å². The summed E-state index contributed by atoms with van der Waals surface area (Å²) in [6.45, 7) is 10.4. The van der Waals surface area contributed by atoms with Crippen LogP contribution in [-0.4, -0.2) is 38.5 Å². The fraction of sp³-hybridized carbons (Fsp3) is 0.625.